The van der Waals surface area contributed by atoms with Crippen molar-refractivity contribution >= 4 is 27.3 Å². The van der Waals surface area contributed by atoms with Gasteiger partial charge in [-0.05, 0) is 11.4 Å². The third kappa shape index (κ3) is 5.85. The maximum absolute atomic E-state index is 11.8. The van der Waals surface area contributed by atoms with Crippen molar-refractivity contribution in [2.45, 2.75) is 0 Å². The zero-order valence-corrected chi connectivity index (χ0v) is 11.9. The van der Waals surface area contributed by atoms with Gasteiger partial charge >= 0.3 is 0 Å². The van der Waals surface area contributed by atoms with Crippen molar-refractivity contribution in [2.24, 2.45) is 0 Å². The van der Waals surface area contributed by atoms with Gasteiger partial charge in [0.25, 0.3) is 5.91 Å². The predicted octanol–water partition coefficient (Wildman–Crippen LogP) is -0.629. The molecule has 0 atom stereocenters. The number of carbonyl (C=O) groups excluding carboxylic acids is 1. The van der Waals surface area contributed by atoms with E-state index in [2.05, 4.69) is 21.9 Å². The van der Waals surface area contributed by atoms with E-state index < -0.39 is 10.0 Å². The molecular formula is C11H14N2O4S2. The minimum atomic E-state index is -3.24. The molecule has 0 bridgehead atoms. The first kappa shape index (κ1) is 15.7. The average molecular weight is 302 g/mol. The molecule has 1 aromatic rings. The highest BCUT2D eigenvalue weighted by Gasteiger charge is 2.11. The molecule has 104 valence electrons. The number of nitrogens with one attached hydrogen (secondary N) is 2. The van der Waals surface area contributed by atoms with E-state index >= 15 is 0 Å². The third-order valence-corrected chi connectivity index (χ3v) is 3.59. The number of hydrogen-bond acceptors (Lipinski definition) is 5. The molecule has 0 aliphatic carbocycles. The minimum Gasteiger partial charge on any atom is -0.384 e. The molecule has 1 heterocycles. The first-order chi connectivity index (χ1) is 8.94. The molecule has 1 rings (SSSR count). The number of thiophene rings is 1. The Hall–Kier alpha value is -1.40. The Morgan fingerprint density at radius 3 is 2.84 bits per heavy atom. The van der Waals surface area contributed by atoms with Gasteiger partial charge in [-0.2, -0.15) is 0 Å². The van der Waals surface area contributed by atoms with E-state index in [0.29, 0.717) is 10.4 Å². The van der Waals surface area contributed by atoms with Crippen LogP contribution in [0.5, 0.6) is 0 Å². The molecule has 3 N–H and O–H groups in total. The first-order valence-electron chi connectivity index (χ1n) is 5.34. The Morgan fingerprint density at radius 2 is 2.21 bits per heavy atom. The molecule has 0 aliphatic rings. The molecule has 0 spiro atoms. The second kappa shape index (κ2) is 7.25. The van der Waals surface area contributed by atoms with E-state index in [1.165, 1.54) is 11.3 Å². The predicted molar refractivity (Wildman–Crippen MR) is 73.5 cm³/mol. The van der Waals surface area contributed by atoms with Crippen LogP contribution in [-0.2, 0) is 10.0 Å². The lowest BCUT2D eigenvalue weighted by Crippen LogP contribution is -2.34. The van der Waals surface area contributed by atoms with Crippen molar-refractivity contribution < 1.29 is 18.3 Å². The second-order valence-corrected chi connectivity index (χ2v) is 6.29. The van der Waals surface area contributed by atoms with Gasteiger partial charge < -0.3 is 10.4 Å². The number of rotatable bonds is 5. The van der Waals surface area contributed by atoms with Crippen molar-refractivity contribution in [3.8, 4) is 11.8 Å². The average Bonchev–Trinajstić information content (AvgIpc) is 2.79. The van der Waals surface area contributed by atoms with Crippen LogP contribution in [0.1, 0.15) is 15.2 Å². The van der Waals surface area contributed by atoms with E-state index in [1.54, 1.807) is 11.4 Å². The Morgan fingerprint density at radius 1 is 1.47 bits per heavy atom. The summed E-state index contributed by atoms with van der Waals surface area (Å²) in [5.74, 6) is 4.84. The summed E-state index contributed by atoms with van der Waals surface area (Å²) in [6, 6.07) is 1.69. The smallest absolute Gasteiger partial charge is 0.262 e. The lowest BCUT2D eigenvalue weighted by molar-refractivity contribution is 0.0958. The number of aliphatic hydroxyl groups excluding tert-OH is 1. The summed E-state index contributed by atoms with van der Waals surface area (Å²) >= 11 is 1.24. The van der Waals surface area contributed by atoms with Crippen LogP contribution in [0.2, 0.25) is 0 Å². The molecule has 0 unspecified atom stereocenters. The topological polar surface area (TPSA) is 95.5 Å². The van der Waals surface area contributed by atoms with E-state index in [1.807, 2.05) is 0 Å². The molecule has 8 heteroatoms. The van der Waals surface area contributed by atoms with Crippen LogP contribution in [0.15, 0.2) is 11.4 Å². The molecule has 0 aromatic carbocycles. The zero-order chi connectivity index (χ0) is 14.3. The highest BCUT2D eigenvalue weighted by atomic mass is 32.2. The molecule has 1 aromatic heterocycles. The minimum absolute atomic E-state index is 0.133. The van der Waals surface area contributed by atoms with Gasteiger partial charge in [-0.15, -0.1) is 11.3 Å². The number of aliphatic hydroxyl groups is 1. The van der Waals surface area contributed by atoms with Crippen molar-refractivity contribution in [3.05, 3.63) is 21.9 Å². The Labute approximate surface area is 115 Å². The highest BCUT2D eigenvalue weighted by Crippen LogP contribution is 2.15. The van der Waals surface area contributed by atoms with Gasteiger partial charge in [-0.3, -0.25) is 4.79 Å². The quantitative estimate of drug-likeness (QED) is 0.498. The van der Waals surface area contributed by atoms with Gasteiger partial charge in [0.05, 0.1) is 6.26 Å². The van der Waals surface area contributed by atoms with Gasteiger partial charge in [0.2, 0.25) is 10.0 Å². The first-order valence-corrected chi connectivity index (χ1v) is 8.11. The van der Waals surface area contributed by atoms with Crippen LogP contribution in [0.4, 0.5) is 0 Å². The molecule has 0 radical (unpaired) electrons. The van der Waals surface area contributed by atoms with E-state index in [4.69, 9.17) is 5.11 Å². The standard InChI is InChI=1S/C11H14N2O4S2/c1-19(16,17)13-6-5-12-11(15)10-9(3-2-7-14)4-8-18-10/h4,8,13-14H,5-7H2,1H3,(H,12,15). The normalized spacial score (nSPS) is 10.6. The number of carbonyl (C=O) groups is 1. The second-order valence-electron chi connectivity index (χ2n) is 3.55. The van der Waals surface area contributed by atoms with Crippen molar-refractivity contribution in [3.63, 3.8) is 0 Å². The molecule has 6 nitrogen and oxygen atoms in total. The molecule has 0 fully saturated rings. The van der Waals surface area contributed by atoms with E-state index in [9.17, 15) is 13.2 Å². The molecular weight excluding hydrogens is 288 g/mol. The van der Waals surface area contributed by atoms with Crippen molar-refractivity contribution in [1.82, 2.24) is 10.0 Å². The van der Waals surface area contributed by atoms with Gasteiger partial charge in [0, 0.05) is 18.7 Å². The van der Waals surface area contributed by atoms with Crippen LogP contribution in [0, 0.1) is 11.8 Å². The van der Waals surface area contributed by atoms with E-state index in [-0.39, 0.29) is 25.6 Å². The van der Waals surface area contributed by atoms with Crippen LogP contribution in [0.25, 0.3) is 0 Å². The highest BCUT2D eigenvalue weighted by molar-refractivity contribution is 7.88. The molecule has 0 saturated heterocycles. The fourth-order valence-corrected chi connectivity index (χ4v) is 2.45. The summed E-state index contributed by atoms with van der Waals surface area (Å²) in [4.78, 5) is 12.3. The summed E-state index contributed by atoms with van der Waals surface area (Å²) in [7, 11) is -3.24. The molecule has 1 amide bonds. The monoisotopic (exact) mass is 302 g/mol. The van der Waals surface area contributed by atoms with Crippen molar-refractivity contribution in [2.75, 3.05) is 26.0 Å². The SMILES string of the molecule is CS(=O)(=O)NCCNC(=O)c1sccc1C#CCO. The van der Waals surface area contributed by atoms with Gasteiger partial charge in [0.15, 0.2) is 0 Å². The number of sulfonamides is 1. The van der Waals surface area contributed by atoms with E-state index in [0.717, 1.165) is 6.26 Å². The largest absolute Gasteiger partial charge is 0.384 e. The Kier molecular flexibility index (Phi) is 5.98. The lowest BCUT2D eigenvalue weighted by atomic mass is 10.2. The molecule has 0 aliphatic heterocycles. The van der Waals surface area contributed by atoms with Crippen molar-refractivity contribution in [1.29, 1.82) is 0 Å². The fraction of sp³-hybridized carbons (Fsp3) is 0.364. The maximum Gasteiger partial charge on any atom is 0.262 e. The maximum atomic E-state index is 11.8. The Bertz CT molecular complexity index is 596. The van der Waals surface area contributed by atoms with Crippen LogP contribution < -0.4 is 10.0 Å². The van der Waals surface area contributed by atoms with Crippen LogP contribution in [-0.4, -0.2) is 45.4 Å². The molecule has 0 saturated carbocycles. The van der Waals surface area contributed by atoms with Gasteiger partial charge in [-0.1, -0.05) is 11.8 Å². The Balaban J connectivity index is 2.52. The fourth-order valence-electron chi connectivity index (χ4n) is 1.21. The van der Waals surface area contributed by atoms with Gasteiger partial charge in [-0.25, -0.2) is 13.1 Å². The van der Waals surface area contributed by atoms with Gasteiger partial charge in [0.1, 0.15) is 11.5 Å². The summed E-state index contributed by atoms with van der Waals surface area (Å²) in [6.45, 7) is 0.0550. The lowest BCUT2D eigenvalue weighted by Gasteiger charge is -2.04. The third-order valence-electron chi connectivity index (χ3n) is 1.95. The number of amides is 1. The van der Waals surface area contributed by atoms with Crippen LogP contribution in [0.3, 0.4) is 0 Å². The zero-order valence-electron chi connectivity index (χ0n) is 10.3. The van der Waals surface area contributed by atoms with Crippen LogP contribution >= 0.6 is 11.3 Å². The summed E-state index contributed by atoms with van der Waals surface area (Å²) in [5, 5.41) is 12.9. The molecule has 19 heavy (non-hydrogen) atoms. The number of hydrogen-bond donors (Lipinski definition) is 3. The summed E-state index contributed by atoms with van der Waals surface area (Å²) in [5.41, 5.74) is 0.549. The summed E-state index contributed by atoms with van der Waals surface area (Å²) in [6.07, 6.45) is 1.05. The summed E-state index contributed by atoms with van der Waals surface area (Å²) < 4.78 is 23.9.